The molecule has 0 radical (unpaired) electrons. The molecule has 2 aromatic rings. The Hall–Kier alpha value is -3.58. The van der Waals surface area contributed by atoms with Gasteiger partial charge in [-0.25, -0.2) is 0 Å². The van der Waals surface area contributed by atoms with Gasteiger partial charge in [0, 0.05) is 36.2 Å². The lowest BCUT2D eigenvalue weighted by Gasteiger charge is -2.39. The summed E-state index contributed by atoms with van der Waals surface area (Å²) in [5.41, 5.74) is 0.588. The van der Waals surface area contributed by atoms with E-state index in [0.29, 0.717) is 23.5 Å². The van der Waals surface area contributed by atoms with Crippen LogP contribution in [0.3, 0.4) is 0 Å². The second-order valence-electron chi connectivity index (χ2n) is 13.2. The second-order valence-corrected chi connectivity index (χ2v) is 17.2. The highest BCUT2D eigenvalue weighted by molar-refractivity contribution is 6.71. The Bertz CT molecular complexity index is 1510. The third-order valence-electron chi connectivity index (χ3n) is 9.92. The van der Waals surface area contributed by atoms with Crippen molar-refractivity contribution in [2.75, 3.05) is 23.0 Å². The summed E-state index contributed by atoms with van der Waals surface area (Å²) in [6, 6.07) is 14.6. The van der Waals surface area contributed by atoms with Crippen LogP contribution >= 0.6 is 0 Å². The number of esters is 1. The number of likely N-dealkylation sites (tertiary alicyclic amines) is 1. The van der Waals surface area contributed by atoms with E-state index < -0.39 is 43.7 Å². The number of nitrogens with zero attached hydrogens (tertiary/aromatic N) is 3. The maximum atomic E-state index is 14.8. The van der Waals surface area contributed by atoms with Gasteiger partial charge in [0.1, 0.15) is 0 Å². The standard InChI is InChI=1S/C33H41N3O8Si/c1-20-31(45(3,4)42)27(16-28(39)34-14-8-11-24(34)19-37)44-33(20)25-15-23(36-29(40)17-30(36)43-21(2)38)12-13-26(25)35(32(33)41)18-22-9-6-5-7-10-22/h5-7,9-10,12-13,15,20,24,27,30-31,37,42H,8,11,14,16-19H2,1-4H3/t20-,24-,27+,30?,31-,33+/m0/s1. The second kappa shape index (κ2) is 11.7. The molecule has 11 nitrogen and oxygen atoms in total. The first-order valence-electron chi connectivity index (χ1n) is 15.7. The molecule has 4 heterocycles. The molecule has 240 valence electrons. The van der Waals surface area contributed by atoms with Gasteiger partial charge >= 0.3 is 5.97 Å². The summed E-state index contributed by atoms with van der Waals surface area (Å²) < 4.78 is 12.2. The molecule has 6 rings (SSSR count). The van der Waals surface area contributed by atoms with Crippen LogP contribution in [0.15, 0.2) is 48.5 Å². The number of rotatable bonds is 8. The van der Waals surface area contributed by atoms with Crippen molar-refractivity contribution < 1.29 is 38.6 Å². The molecule has 4 aliphatic rings. The van der Waals surface area contributed by atoms with E-state index in [1.54, 1.807) is 41.1 Å². The van der Waals surface area contributed by atoms with Crippen LogP contribution < -0.4 is 9.80 Å². The Labute approximate surface area is 263 Å². The normalized spacial score (nSPS) is 29.4. The van der Waals surface area contributed by atoms with Crippen LogP contribution in [-0.4, -0.2) is 78.3 Å². The molecule has 0 aromatic heterocycles. The Morgan fingerprint density at radius 3 is 2.51 bits per heavy atom. The molecular weight excluding hydrogens is 594 g/mol. The largest absolute Gasteiger partial charge is 0.441 e. The van der Waals surface area contributed by atoms with Crippen molar-refractivity contribution in [3.63, 3.8) is 0 Å². The molecular formula is C33H41N3O8Si. The Balaban J connectivity index is 1.43. The minimum atomic E-state index is -3.03. The maximum absolute atomic E-state index is 14.8. The number of β-lactam (4-membered cyclic amide) rings is 1. The minimum Gasteiger partial charge on any atom is -0.441 e. The number of anilines is 2. The van der Waals surface area contributed by atoms with Crippen molar-refractivity contribution in [3.05, 3.63) is 59.7 Å². The van der Waals surface area contributed by atoms with Crippen LogP contribution in [0.5, 0.6) is 0 Å². The van der Waals surface area contributed by atoms with Gasteiger partial charge in [-0.3, -0.25) is 24.1 Å². The molecule has 0 bridgehead atoms. The number of hydrogen-bond acceptors (Lipinski definition) is 8. The molecule has 2 N–H and O–H groups in total. The van der Waals surface area contributed by atoms with Crippen molar-refractivity contribution in [1.29, 1.82) is 0 Å². The summed E-state index contributed by atoms with van der Waals surface area (Å²) in [6.45, 7) is 7.52. The van der Waals surface area contributed by atoms with Gasteiger partial charge < -0.3 is 29.2 Å². The van der Waals surface area contributed by atoms with E-state index in [-0.39, 0.29) is 49.8 Å². The highest BCUT2D eigenvalue weighted by Gasteiger charge is 2.66. The van der Waals surface area contributed by atoms with E-state index in [4.69, 9.17) is 9.47 Å². The van der Waals surface area contributed by atoms with Gasteiger partial charge in [-0.05, 0) is 49.7 Å². The van der Waals surface area contributed by atoms with E-state index in [0.717, 1.165) is 18.4 Å². The number of hydrogen-bond donors (Lipinski definition) is 2. The summed E-state index contributed by atoms with van der Waals surface area (Å²) in [5.74, 6) is -1.67. The predicted molar refractivity (Wildman–Crippen MR) is 167 cm³/mol. The minimum absolute atomic E-state index is 0.0234. The van der Waals surface area contributed by atoms with Crippen LogP contribution in [-0.2, 0) is 40.8 Å². The molecule has 12 heteroatoms. The molecule has 3 fully saturated rings. The average molecular weight is 636 g/mol. The first kappa shape index (κ1) is 31.4. The van der Waals surface area contributed by atoms with E-state index in [2.05, 4.69) is 0 Å². The lowest BCUT2D eigenvalue weighted by atomic mass is 9.82. The number of ether oxygens (including phenoxy) is 2. The molecule has 2 aromatic carbocycles. The van der Waals surface area contributed by atoms with Crippen molar-refractivity contribution in [2.24, 2.45) is 5.92 Å². The molecule has 1 unspecified atom stereocenters. The molecule has 0 aliphatic carbocycles. The molecule has 0 saturated carbocycles. The summed E-state index contributed by atoms with van der Waals surface area (Å²) in [6.07, 6.45) is 0.0878. The van der Waals surface area contributed by atoms with Crippen LogP contribution in [0.4, 0.5) is 11.4 Å². The maximum Gasteiger partial charge on any atom is 0.304 e. The lowest BCUT2D eigenvalue weighted by molar-refractivity contribution is -0.154. The Kier molecular flexibility index (Phi) is 8.13. The van der Waals surface area contributed by atoms with Gasteiger partial charge in [0.2, 0.25) is 11.8 Å². The Morgan fingerprint density at radius 2 is 1.87 bits per heavy atom. The summed E-state index contributed by atoms with van der Waals surface area (Å²) in [4.78, 5) is 69.2. The highest BCUT2D eigenvalue weighted by atomic mass is 28.4. The van der Waals surface area contributed by atoms with Crippen LogP contribution in [0.25, 0.3) is 0 Å². The number of aliphatic hydroxyl groups is 1. The fourth-order valence-corrected chi connectivity index (χ4v) is 10.5. The number of aliphatic hydroxyl groups excluding tert-OH is 1. The number of benzene rings is 2. The summed E-state index contributed by atoms with van der Waals surface area (Å²) in [5, 5.41) is 9.85. The molecule has 1 spiro atoms. The van der Waals surface area contributed by atoms with Gasteiger partial charge in [-0.15, -0.1) is 0 Å². The third-order valence-corrected chi connectivity index (χ3v) is 12.4. The first-order chi connectivity index (χ1) is 21.4. The van der Waals surface area contributed by atoms with Gasteiger partial charge in [-0.1, -0.05) is 37.3 Å². The molecule has 3 amide bonds. The van der Waals surface area contributed by atoms with E-state index in [1.807, 2.05) is 37.3 Å². The third kappa shape index (κ3) is 5.27. The summed E-state index contributed by atoms with van der Waals surface area (Å²) in [7, 11) is -3.03. The molecule has 4 aliphatic heterocycles. The molecule has 6 atom stereocenters. The zero-order valence-corrected chi connectivity index (χ0v) is 27.1. The van der Waals surface area contributed by atoms with Gasteiger partial charge in [0.15, 0.2) is 20.1 Å². The zero-order valence-electron chi connectivity index (χ0n) is 26.1. The zero-order chi connectivity index (χ0) is 32.3. The fraction of sp³-hybridized carbons (Fsp3) is 0.515. The van der Waals surface area contributed by atoms with E-state index in [1.165, 1.54) is 11.8 Å². The van der Waals surface area contributed by atoms with Gasteiger partial charge in [0.05, 0.1) is 43.8 Å². The average Bonchev–Trinajstić information content (AvgIpc) is 3.63. The topological polar surface area (TPSA) is 137 Å². The number of carbonyl (C=O) groups excluding carboxylic acids is 4. The lowest BCUT2D eigenvalue weighted by Crippen LogP contribution is -2.55. The van der Waals surface area contributed by atoms with E-state index >= 15 is 0 Å². The number of carbonyl (C=O) groups is 4. The molecule has 3 saturated heterocycles. The van der Waals surface area contributed by atoms with Gasteiger partial charge in [-0.2, -0.15) is 0 Å². The van der Waals surface area contributed by atoms with Crippen molar-refractivity contribution >= 4 is 43.4 Å². The van der Waals surface area contributed by atoms with Crippen molar-refractivity contribution in [1.82, 2.24) is 4.90 Å². The Morgan fingerprint density at radius 1 is 1.13 bits per heavy atom. The fourth-order valence-electron chi connectivity index (χ4n) is 7.96. The van der Waals surface area contributed by atoms with Crippen LogP contribution in [0, 0.1) is 5.92 Å². The highest BCUT2D eigenvalue weighted by Crippen LogP contribution is 2.60. The quantitative estimate of drug-likeness (QED) is 0.257. The summed E-state index contributed by atoms with van der Waals surface area (Å²) >= 11 is 0. The number of fused-ring (bicyclic) bond motifs is 2. The monoisotopic (exact) mass is 635 g/mol. The first-order valence-corrected chi connectivity index (χ1v) is 18.7. The van der Waals surface area contributed by atoms with Crippen LogP contribution in [0.2, 0.25) is 18.6 Å². The smallest absolute Gasteiger partial charge is 0.304 e. The SMILES string of the molecule is CC(=O)OC1CC(=O)N1c1ccc2c(c1)[C@@]1(O[C@H](CC(=O)N3CCC[C@H]3CO)[C@@H]([Si](C)(C)O)[C@@H]1C)C(=O)N2Cc1ccccc1. The van der Waals surface area contributed by atoms with Crippen LogP contribution in [0.1, 0.15) is 50.7 Å². The predicted octanol–water partition coefficient (Wildman–Crippen LogP) is 3.03. The van der Waals surface area contributed by atoms with Gasteiger partial charge in [0.25, 0.3) is 5.91 Å². The van der Waals surface area contributed by atoms with Crippen molar-refractivity contribution in [2.45, 2.75) is 88.7 Å². The van der Waals surface area contributed by atoms with Crippen molar-refractivity contribution in [3.8, 4) is 0 Å². The number of amides is 3. The molecule has 45 heavy (non-hydrogen) atoms. The van der Waals surface area contributed by atoms with E-state index in [9.17, 15) is 29.1 Å².